The maximum Gasteiger partial charge on any atom is 0.303 e. The molecule has 0 saturated heterocycles. The highest BCUT2D eigenvalue weighted by molar-refractivity contribution is 5.66. The summed E-state index contributed by atoms with van der Waals surface area (Å²) in [6.45, 7) is 5.65. The normalized spacial score (nSPS) is 11.1. The highest BCUT2D eigenvalue weighted by Gasteiger charge is 1.94. The number of unbranched alkanes of at least 4 members (excludes halogenated alkanes) is 15. The molecule has 1 unspecified atom stereocenters. The third-order valence-corrected chi connectivity index (χ3v) is 4.58. The SMILES string of the molecule is CC(O)CO.CCC(=O)O.CCCCCCCCCCCCCCCCCCO. The van der Waals surface area contributed by atoms with Crippen LogP contribution in [0.1, 0.15) is 130 Å². The molecule has 0 aliphatic heterocycles. The molecule has 0 radical (unpaired) electrons. The van der Waals surface area contributed by atoms with Gasteiger partial charge in [-0.2, -0.15) is 0 Å². The Morgan fingerprint density at radius 2 is 0.897 bits per heavy atom. The lowest BCUT2D eigenvalue weighted by molar-refractivity contribution is -0.136. The van der Waals surface area contributed by atoms with Crippen molar-refractivity contribution in [2.45, 2.75) is 136 Å². The van der Waals surface area contributed by atoms with Crippen LogP contribution in [0.3, 0.4) is 0 Å². The van der Waals surface area contributed by atoms with Crippen molar-refractivity contribution in [1.29, 1.82) is 0 Å². The fourth-order valence-corrected chi connectivity index (χ4v) is 2.66. The molecule has 0 aliphatic rings. The third-order valence-electron chi connectivity index (χ3n) is 4.58. The number of rotatable bonds is 18. The van der Waals surface area contributed by atoms with E-state index in [0.29, 0.717) is 6.61 Å². The maximum atomic E-state index is 9.37. The zero-order valence-corrected chi connectivity index (χ0v) is 19.7. The van der Waals surface area contributed by atoms with Crippen molar-refractivity contribution in [3.63, 3.8) is 0 Å². The second-order valence-electron chi connectivity index (χ2n) is 7.81. The van der Waals surface area contributed by atoms with Crippen LogP contribution in [0, 0.1) is 0 Å². The molecule has 1 atom stereocenters. The number of hydrogen-bond donors (Lipinski definition) is 4. The molecule has 0 aromatic rings. The van der Waals surface area contributed by atoms with Crippen LogP contribution >= 0.6 is 0 Å². The smallest absolute Gasteiger partial charge is 0.303 e. The predicted octanol–water partition coefficient (Wildman–Crippen LogP) is 6.08. The molecule has 4 N–H and O–H groups in total. The molecule has 0 amide bonds. The lowest BCUT2D eigenvalue weighted by atomic mass is 10.0. The molecule has 0 rings (SSSR count). The molecule has 5 heteroatoms. The highest BCUT2D eigenvalue weighted by Crippen LogP contribution is 2.13. The first-order valence-corrected chi connectivity index (χ1v) is 12.1. The summed E-state index contributed by atoms with van der Waals surface area (Å²) in [5.74, 6) is -0.745. The summed E-state index contributed by atoms with van der Waals surface area (Å²) in [6.07, 6.45) is 21.8. The summed E-state index contributed by atoms with van der Waals surface area (Å²) >= 11 is 0. The van der Waals surface area contributed by atoms with Crippen molar-refractivity contribution in [3.8, 4) is 0 Å². The Balaban J connectivity index is -0.000000555. The van der Waals surface area contributed by atoms with E-state index in [1.54, 1.807) is 6.92 Å². The van der Waals surface area contributed by atoms with E-state index < -0.39 is 12.1 Å². The lowest BCUT2D eigenvalue weighted by Crippen LogP contribution is -2.03. The minimum Gasteiger partial charge on any atom is -0.481 e. The van der Waals surface area contributed by atoms with Gasteiger partial charge < -0.3 is 20.4 Å². The topological polar surface area (TPSA) is 98.0 Å². The molecule has 0 spiro atoms. The average Bonchev–Trinajstić information content (AvgIpc) is 2.71. The van der Waals surface area contributed by atoms with Crippen molar-refractivity contribution in [3.05, 3.63) is 0 Å². The van der Waals surface area contributed by atoms with E-state index in [4.69, 9.17) is 20.4 Å². The Morgan fingerprint density at radius 3 is 1.07 bits per heavy atom. The molecule has 178 valence electrons. The third kappa shape index (κ3) is 46.9. The second-order valence-corrected chi connectivity index (χ2v) is 7.81. The van der Waals surface area contributed by atoms with E-state index in [1.807, 2.05) is 0 Å². The largest absolute Gasteiger partial charge is 0.481 e. The van der Waals surface area contributed by atoms with Crippen molar-refractivity contribution in [2.24, 2.45) is 0 Å². The number of carboxylic acids is 1. The lowest BCUT2D eigenvalue weighted by Gasteiger charge is -2.03. The van der Waals surface area contributed by atoms with E-state index in [1.165, 1.54) is 103 Å². The van der Waals surface area contributed by atoms with Crippen LogP contribution in [0.5, 0.6) is 0 Å². The number of carbonyl (C=O) groups is 1. The number of aliphatic hydroxyl groups excluding tert-OH is 3. The van der Waals surface area contributed by atoms with Crippen LogP contribution in [0.15, 0.2) is 0 Å². The molecule has 29 heavy (non-hydrogen) atoms. The van der Waals surface area contributed by atoms with Gasteiger partial charge in [0.2, 0.25) is 0 Å². The zero-order chi connectivity index (χ0) is 22.6. The van der Waals surface area contributed by atoms with Gasteiger partial charge in [0.15, 0.2) is 0 Å². The Hall–Kier alpha value is -0.650. The Kier molecular flexibility index (Phi) is 36.4. The average molecular weight is 421 g/mol. The summed E-state index contributed by atoms with van der Waals surface area (Å²) in [5, 5.41) is 32.4. The first-order valence-electron chi connectivity index (χ1n) is 12.1. The molecular formula is C24H52O5. The molecule has 0 saturated carbocycles. The van der Waals surface area contributed by atoms with Crippen LogP contribution in [-0.2, 0) is 4.79 Å². The Bertz CT molecular complexity index is 266. The molecule has 0 fully saturated rings. The fourth-order valence-electron chi connectivity index (χ4n) is 2.66. The van der Waals surface area contributed by atoms with E-state index in [-0.39, 0.29) is 13.0 Å². The maximum absolute atomic E-state index is 9.37. The van der Waals surface area contributed by atoms with Gasteiger partial charge in [0, 0.05) is 13.0 Å². The highest BCUT2D eigenvalue weighted by atomic mass is 16.4. The van der Waals surface area contributed by atoms with Gasteiger partial charge in [-0.05, 0) is 13.3 Å². The first-order chi connectivity index (χ1) is 14.0. The Labute approximate surface area is 180 Å². The van der Waals surface area contributed by atoms with Gasteiger partial charge in [-0.25, -0.2) is 0 Å². The van der Waals surface area contributed by atoms with Gasteiger partial charge in [-0.15, -0.1) is 0 Å². The fraction of sp³-hybridized carbons (Fsp3) is 0.958. The van der Waals surface area contributed by atoms with Crippen LogP contribution in [0.4, 0.5) is 0 Å². The molecule has 0 aliphatic carbocycles. The minimum atomic E-state index is -0.745. The van der Waals surface area contributed by atoms with E-state index in [9.17, 15) is 4.79 Å². The summed E-state index contributed by atoms with van der Waals surface area (Å²) in [4.78, 5) is 9.37. The van der Waals surface area contributed by atoms with Gasteiger partial charge in [0.25, 0.3) is 0 Å². The predicted molar refractivity (Wildman–Crippen MR) is 123 cm³/mol. The first kappa shape index (κ1) is 33.0. The number of aliphatic hydroxyl groups is 3. The minimum absolute atomic E-state index is 0.139. The van der Waals surface area contributed by atoms with Gasteiger partial charge in [-0.3, -0.25) is 4.79 Å². The van der Waals surface area contributed by atoms with Crippen molar-refractivity contribution in [2.75, 3.05) is 13.2 Å². The van der Waals surface area contributed by atoms with E-state index in [2.05, 4.69) is 6.92 Å². The second kappa shape index (κ2) is 32.0. The quantitative estimate of drug-likeness (QED) is 0.201. The summed E-state index contributed by atoms with van der Waals surface area (Å²) < 4.78 is 0. The van der Waals surface area contributed by atoms with Gasteiger partial charge in [0.1, 0.15) is 0 Å². The van der Waals surface area contributed by atoms with Gasteiger partial charge in [-0.1, -0.05) is 110 Å². The van der Waals surface area contributed by atoms with Gasteiger partial charge >= 0.3 is 5.97 Å². The molecule has 0 aromatic carbocycles. The molecule has 5 nitrogen and oxygen atoms in total. The standard InChI is InChI=1S/C18H38O.C3H8O2.C3H6O2/c1-2-3-4-5-6-7-8-9-10-11-12-13-14-15-16-17-18-19;1-3(5)2-4;1-2-3(4)5/h19H,2-18H2,1H3;3-5H,2H2,1H3;2H2,1H3,(H,4,5). The van der Waals surface area contributed by atoms with E-state index >= 15 is 0 Å². The van der Waals surface area contributed by atoms with Gasteiger partial charge in [0.05, 0.1) is 12.7 Å². The molecule has 0 heterocycles. The van der Waals surface area contributed by atoms with E-state index in [0.717, 1.165) is 6.42 Å². The number of carboxylic acid groups (broad SMARTS) is 1. The number of aliphatic carboxylic acids is 1. The van der Waals surface area contributed by atoms with Crippen molar-refractivity contribution < 1.29 is 25.2 Å². The van der Waals surface area contributed by atoms with Crippen molar-refractivity contribution in [1.82, 2.24) is 0 Å². The van der Waals surface area contributed by atoms with Crippen LogP contribution in [0.25, 0.3) is 0 Å². The van der Waals surface area contributed by atoms with Crippen LogP contribution in [0.2, 0.25) is 0 Å². The number of hydrogen-bond acceptors (Lipinski definition) is 4. The van der Waals surface area contributed by atoms with Crippen LogP contribution < -0.4 is 0 Å². The molecular weight excluding hydrogens is 368 g/mol. The van der Waals surface area contributed by atoms with Crippen LogP contribution in [-0.4, -0.2) is 45.7 Å². The summed E-state index contributed by atoms with van der Waals surface area (Å²) in [6, 6.07) is 0. The summed E-state index contributed by atoms with van der Waals surface area (Å²) in [7, 11) is 0. The monoisotopic (exact) mass is 420 g/mol. The molecule has 0 bridgehead atoms. The summed E-state index contributed by atoms with van der Waals surface area (Å²) in [5.41, 5.74) is 0. The molecule has 0 aromatic heterocycles. The zero-order valence-electron chi connectivity index (χ0n) is 19.7. The Morgan fingerprint density at radius 1 is 0.655 bits per heavy atom. The van der Waals surface area contributed by atoms with Crippen molar-refractivity contribution >= 4 is 5.97 Å².